The van der Waals surface area contributed by atoms with Gasteiger partial charge in [-0.1, -0.05) is 0 Å². The number of hydrogen-bond acceptors (Lipinski definition) is 7. The Morgan fingerprint density at radius 3 is 2.63 bits per heavy atom. The van der Waals surface area contributed by atoms with Gasteiger partial charge in [-0.25, -0.2) is 9.97 Å². The molecule has 144 valence electrons. The summed E-state index contributed by atoms with van der Waals surface area (Å²) < 4.78 is 6.44. The van der Waals surface area contributed by atoms with Crippen molar-refractivity contribution >= 4 is 33.5 Å². The molecule has 7 nitrogen and oxygen atoms in total. The van der Waals surface area contributed by atoms with Crippen LogP contribution in [0.15, 0.2) is 29.0 Å². The summed E-state index contributed by atoms with van der Waals surface area (Å²) in [4.78, 5) is 18.3. The van der Waals surface area contributed by atoms with Crippen LogP contribution in [0.25, 0.3) is 0 Å². The SMILES string of the molecule is Cc1cc(Br)cnc1N1CCC(Nc2ccnc(N3CCOCC3)n2)CC1. The summed E-state index contributed by atoms with van der Waals surface area (Å²) >= 11 is 3.49. The monoisotopic (exact) mass is 432 g/mol. The predicted octanol–water partition coefficient (Wildman–Crippen LogP) is 2.86. The number of rotatable bonds is 4. The second-order valence-corrected chi connectivity index (χ2v) is 7.96. The third-order valence-electron chi connectivity index (χ3n) is 5.10. The Hall–Kier alpha value is -1.93. The molecule has 0 aromatic carbocycles. The van der Waals surface area contributed by atoms with Crippen LogP contribution in [0.1, 0.15) is 18.4 Å². The van der Waals surface area contributed by atoms with Crippen molar-refractivity contribution in [2.75, 3.05) is 54.5 Å². The number of halogens is 1. The standard InChI is InChI=1S/C19H25BrN6O/c1-14-12-15(20)13-22-18(14)25-6-3-16(4-7-25)23-17-2-5-21-19(24-17)26-8-10-27-11-9-26/h2,5,12-13,16H,3-4,6-11H2,1H3,(H,21,23,24). The highest BCUT2D eigenvalue weighted by Gasteiger charge is 2.22. The van der Waals surface area contributed by atoms with E-state index in [9.17, 15) is 0 Å². The summed E-state index contributed by atoms with van der Waals surface area (Å²) in [7, 11) is 0. The summed E-state index contributed by atoms with van der Waals surface area (Å²) in [5.41, 5.74) is 1.21. The molecule has 2 aromatic rings. The van der Waals surface area contributed by atoms with E-state index in [0.29, 0.717) is 6.04 Å². The van der Waals surface area contributed by atoms with Crippen molar-refractivity contribution in [1.82, 2.24) is 15.0 Å². The van der Waals surface area contributed by atoms with Gasteiger partial charge in [-0.3, -0.25) is 0 Å². The molecule has 4 heterocycles. The summed E-state index contributed by atoms with van der Waals surface area (Å²) in [6, 6.07) is 4.50. The fourth-order valence-electron chi connectivity index (χ4n) is 3.65. The lowest BCUT2D eigenvalue weighted by Gasteiger charge is -2.34. The van der Waals surface area contributed by atoms with Crippen molar-refractivity contribution < 1.29 is 4.74 Å². The first-order valence-corrected chi connectivity index (χ1v) is 10.3. The van der Waals surface area contributed by atoms with Gasteiger partial charge in [-0.05, 0) is 53.4 Å². The molecule has 0 radical (unpaired) electrons. The van der Waals surface area contributed by atoms with E-state index in [0.717, 1.165) is 74.3 Å². The highest BCUT2D eigenvalue weighted by molar-refractivity contribution is 9.10. The number of nitrogens with one attached hydrogen (secondary N) is 1. The number of aryl methyl sites for hydroxylation is 1. The number of anilines is 3. The van der Waals surface area contributed by atoms with Crippen LogP contribution < -0.4 is 15.1 Å². The van der Waals surface area contributed by atoms with E-state index in [1.807, 2.05) is 18.5 Å². The predicted molar refractivity (Wildman–Crippen MR) is 111 cm³/mol. The highest BCUT2D eigenvalue weighted by Crippen LogP contribution is 2.25. The van der Waals surface area contributed by atoms with Crippen LogP contribution in [0.5, 0.6) is 0 Å². The van der Waals surface area contributed by atoms with Gasteiger partial charge in [0.2, 0.25) is 5.95 Å². The number of morpholine rings is 1. The van der Waals surface area contributed by atoms with Gasteiger partial charge in [0.15, 0.2) is 0 Å². The number of pyridine rings is 1. The molecule has 8 heteroatoms. The Morgan fingerprint density at radius 2 is 1.89 bits per heavy atom. The minimum Gasteiger partial charge on any atom is -0.378 e. The zero-order valence-corrected chi connectivity index (χ0v) is 17.2. The lowest BCUT2D eigenvalue weighted by Crippen LogP contribution is -2.40. The molecule has 2 saturated heterocycles. The number of piperidine rings is 1. The molecule has 4 rings (SSSR count). The largest absolute Gasteiger partial charge is 0.378 e. The maximum Gasteiger partial charge on any atom is 0.227 e. The summed E-state index contributed by atoms with van der Waals surface area (Å²) in [5.74, 6) is 2.78. The maximum atomic E-state index is 5.41. The van der Waals surface area contributed by atoms with E-state index in [-0.39, 0.29) is 0 Å². The molecular weight excluding hydrogens is 408 g/mol. The Kier molecular flexibility index (Phi) is 5.73. The van der Waals surface area contributed by atoms with E-state index in [1.54, 1.807) is 0 Å². The molecule has 27 heavy (non-hydrogen) atoms. The first-order valence-electron chi connectivity index (χ1n) is 9.48. The van der Waals surface area contributed by atoms with Crippen molar-refractivity contribution in [3.63, 3.8) is 0 Å². The second-order valence-electron chi connectivity index (χ2n) is 7.04. The molecule has 0 atom stereocenters. The lowest BCUT2D eigenvalue weighted by molar-refractivity contribution is 0.122. The van der Waals surface area contributed by atoms with Gasteiger partial charge in [0.05, 0.1) is 13.2 Å². The van der Waals surface area contributed by atoms with E-state index < -0.39 is 0 Å². The number of hydrogen-bond donors (Lipinski definition) is 1. The van der Waals surface area contributed by atoms with Crippen LogP contribution in [0.3, 0.4) is 0 Å². The fraction of sp³-hybridized carbons (Fsp3) is 0.526. The summed E-state index contributed by atoms with van der Waals surface area (Å²) in [5, 5.41) is 3.59. The second kappa shape index (κ2) is 8.39. The maximum absolute atomic E-state index is 5.41. The Morgan fingerprint density at radius 1 is 1.11 bits per heavy atom. The topological polar surface area (TPSA) is 66.4 Å². The quantitative estimate of drug-likeness (QED) is 0.796. The molecule has 0 amide bonds. The summed E-state index contributed by atoms with van der Waals surface area (Å²) in [6.07, 6.45) is 5.84. The van der Waals surface area contributed by atoms with Gasteiger partial charge < -0.3 is 19.9 Å². The minimum absolute atomic E-state index is 0.421. The van der Waals surface area contributed by atoms with Crippen molar-refractivity contribution in [3.05, 3.63) is 34.6 Å². The molecule has 0 saturated carbocycles. The normalized spacial score (nSPS) is 18.6. The Labute approximate surface area is 168 Å². The van der Waals surface area contributed by atoms with E-state index in [4.69, 9.17) is 9.72 Å². The third-order valence-corrected chi connectivity index (χ3v) is 5.53. The highest BCUT2D eigenvalue weighted by atomic mass is 79.9. The van der Waals surface area contributed by atoms with E-state index >= 15 is 0 Å². The average Bonchev–Trinajstić information content (AvgIpc) is 2.70. The summed E-state index contributed by atoms with van der Waals surface area (Å²) in [6.45, 7) is 7.28. The van der Waals surface area contributed by atoms with Crippen LogP contribution in [-0.2, 0) is 4.74 Å². The van der Waals surface area contributed by atoms with Crippen molar-refractivity contribution in [1.29, 1.82) is 0 Å². The molecule has 0 unspecified atom stereocenters. The molecule has 2 aromatic heterocycles. The third kappa shape index (κ3) is 4.50. The molecule has 2 aliphatic heterocycles. The molecule has 2 fully saturated rings. The van der Waals surface area contributed by atoms with Gasteiger partial charge in [0.1, 0.15) is 11.6 Å². The van der Waals surface area contributed by atoms with Crippen molar-refractivity contribution in [3.8, 4) is 0 Å². The Bertz CT molecular complexity index is 775. The van der Waals surface area contributed by atoms with Crippen molar-refractivity contribution in [2.45, 2.75) is 25.8 Å². The molecule has 0 spiro atoms. The number of nitrogens with zero attached hydrogens (tertiary/aromatic N) is 5. The molecule has 1 N–H and O–H groups in total. The van der Waals surface area contributed by atoms with Crippen LogP contribution in [0.4, 0.5) is 17.6 Å². The number of aromatic nitrogens is 3. The van der Waals surface area contributed by atoms with Gasteiger partial charge in [-0.2, -0.15) is 4.98 Å². The first-order chi connectivity index (χ1) is 13.2. The molecule has 2 aliphatic rings. The van der Waals surface area contributed by atoms with Crippen LogP contribution >= 0.6 is 15.9 Å². The molecule has 0 bridgehead atoms. The fourth-order valence-corrected chi connectivity index (χ4v) is 4.10. The Balaban J connectivity index is 1.35. The molecular formula is C19H25BrN6O. The van der Waals surface area contributed by atoms with Crippen LogP contribution in [-0.4, -0.2) is 60.4 Å². The van der Waals surface area contributed by atoms with Crippen LogP contribution in [0, 0.1) is 6.92 Å². The first kappa shape index (κ1) is 18.4. The molecule has 0 aliphatic carbocycles. The van der Waals surface area contributed by atoms with E-state index in [2.05, 4.69) is 54.0 Å². The van der Waals surface area contributed by atoms with Gasteiger partial charge >= 0.3 is 0 Å². The van der Waals surface area contributed by atoms with Crippen molar-refractivity contribution in [2.24, 2.45) is 0 Å². The van der Waals surface area contributed by atoms with Gasteiger partial charge in [0.25, 0.3) is 0 Å². The smallest absolute Gasteiger partial charge is 0.227 e. The zero-order chi connectivity index (χ0) is 18.6. The van der Waals surface area contributed by atoms with Crippen LogP contribution in [0.2, 0.25) is 0 Å². The average molecular weight is 433 g/mol. The zero-order valence-electron chi connectivity index (χ0n) is 15.6. The van der Waals surface area contributed by atoms with Gasteiger partial charge in [0, 0.05) is 49.1 Å². The minimum atomic E-state index is 0.421. The lowest BCUT2D eigenvalue weighted by atomic mass is 10.0. The number of ether oxygens (including phenoxy) is 1. The van der Waals surface area contributed by atoms with E-state index in [1.165, 1.54) is 5.56 Å². The van der Waals surface area contributed by atoms with Gasteiger partial charge in [-0.15, -0.1) is 0 Å².